The molecule has 0 aliphatic heterocycles. The highest BCUT2D eigenvalue weighted by Crippen LogP contribution is 2.30. The van der Waals surface area contributed by atoms with E-state index in [9.17, 15) is 9.90 Å². The first kappa shape index (κ1) is 20.3. The zero-order valence-corrected chi connectivity index (χ0v) is 16.3. The van der Waals surface area contributed by atoms with Crippen LogP contribution in [0.25, 0.3) is 11.1 Å². The molecule has 0 bridgehead atoms. The van der Waals surface area contributed by atoms with Crippen molar-refractivity contribution < 1.29 is 14.6 Å². The lowest BCUT2D eigenvalue weighted by Gasteiger charge is -2.26. The summed E-state index contributed by atoms with van der Waals surface area (Å²) in [5.41, 5.74) is 3.85. The lowest BCUT2D eigenvalue weighted by atomic mass is 9.77. The van der Waals surface area contributed by atoms with Crippen LogP contribution in [-0.2, 0) is 21.6 Å². The lowest BCUT2D eigenvalue weighted by Crippen LogP contribution is -2.31. The van der Waals surface area contributed by atoms with Gasteiger partial charge in [-0.3, -0.25) is 4.79 Å². The molecular formula is C23H30O3. The van der Waals surface area contributed by atoms with Crippen molar-refractivity contribution in [1.29, 1.82) is 0 Å². The molecule has 1 atom stereocenters. The Morgan fingerprint density at radius 1 is 1.12 bits per heavy atom. The number of rotatable bonds is 9. The molecule has 3 heteroatoms. The molecule has 3 nitrogen and oxygen atoms in total. The lowest BCUT2D eigenvalue weighted by molar-refractivity contribution is -0.124. The monoisotopic (exact) mass is 354 g/mol. The van der Waals surface area contributed by atoms with Gasteiger partial charge in [0.1, 0.15) is 5.78 Å². The molecule has 0 amide bonds. The maximum absolute atomic E-state index is 12.7. The fourth-order valence-corrected chi connectivity index (χ4v) is 3.10. The van der Waals surface area contributed by atoms with Crippen LogP contribution in [0.4, 0.5) is 0 Å². The Morgan fingerprint density at radius 2 is 1.81 bits per heavy atom. The zero-order chi connectivity index (χ0) is 19.2. The van der Waals surface area contributed by atoms with Gasteiger partial charge in [0.15, 0.2) is 0 Å². The minimum absolute atomic E-state index is 0.0459. The van der Waals surface area contributed by atoms with E-state index in [0.717, 1.165) is 28.7 Å². The number of aliphatic hydroxyl groups is 1. The van der Waals surface area contributed by atoms with Gasteiger partial charge in [-0.15, -0.1) is 0 Å². The van der Waals surface area contributed by atoms with Crippen molar-refractivity contribution in [3.05, 3.63) is 59.7 Å². The van der Waals surface area contributed by atoms with E-state index in [-0.39, 0.29) is 18.3 Å². The number of carbonyl (C=O) groups excluding carboxylic acids is 1. The number of aliphatic hydroxyl groups excluding tert-OH is 1. The van der Waals surface area contributed by atoms with E-state index in [1.807, 2.05) is 39.0 Å². The van der Waals surface area contributed by atoms with Gasteiger partial charge in [0.25, 0.3) is 0 Å². The topological polar surface area (TPSA) is 46.5 Å². The van der Waals surface area contributed by atoms with Crippen molar-refractivity contribution in [3.63, 3.8) is 0 Å². The van der Waals surface area contributed by atoms with E-state index < -0.39 is 5.41 Å². The molecule has 1 N–H and O–H groups in total. The van der Waals surface area contributed by atoms with Gasteiger partial charge in [-0.05, 0) is 48.1 Å². The Balaban J connectivity index is 2.20. The van der Waals surface area contributed by atoms with E-state index in [0.29, 0.717) is 13.0 Å². The van der Waals surface area contributed by atoms with E-state index in [2.05, 4.69) is 30.3 Å². The first-order valence-electron chi connectivity index (χ1n) is 9.25. The molecule has 26 heavy (non-hydrogen) atoms. The first-order chi connectivity index (χ1) is 12.4. The smallest absolute Gasteiger partial charge is 0.143 e. The molecule has 0 heterocycles. The summed E-state index contributed by atoms with van der Waals surface area (Å²) in [6, 6.07) is 16.5. The van der Waals surface area contributed by atoms with Gasteiger partial charge in [0, 0.05) is 25.6 Å². The Morgan fingerprint density at radius 3 is 2.38 bits per heavy atom. The minimum atomic E-state index is -0.557. The second kappa shape index (κ2) is 9.11. The Hall–Kier alpha value is -1.97. The highest BCUT2D eigenvalue weighted by molar-refractivity contribution is 5.89. The van der Waals surface area contributed by atoms with Crippen LogP contribution in [-0.4, -0.2) is 24.6 Å². The van der Waals surface area contributed by atoms with E-state index in [1.54, 1.807) is 7.11 Å². The summed E-state index contributed by atoms with van der Waals surface area (Å²) >= 11 is 0. The van der Waals surface area contributed by atoms with Gasteiger partial charge in [-0.1, -0.05) is 55.8 Å². The van der Waals surface area contributed by atoms with Crippen molar-refractivity contribution in [1.82, 2.24) is 0 Å². The molecule has 0 unspecified atom stereocenters. The van der Waals surface area contributed by atoms with Crippen LogP contribution in [0.2, 0.25) is 0 Å². The molecule has 0 aromatic heterocycles. The van der Waals surface area contributed by atoms with Crippen LogP contribution in [0.15, 0.2) is 48.5 Å². The van der Waals surface area contributed by atoms with Gasteiger partial charge in [-0.2, -0.15) is 0 Å². The average molecular weight is 354 g/mol. The molecule has 2 aromatic carbocycles. The van der Waals surface area contributed by atoms with Crippen LogP contribution in [0, 0.1) is 5.92 Å². The summed E-state index contributed by atoms with van der Waals surface area (Å²) in [5, 5.41) is 9.37. The summed E-state index contributed by atoms with van der Waals surface area (Å²) in [6.07, 6.45) is 1.23. The maximum atomic E-state index is 12.7. The molecule has 0 saturated heterocycles. The molecule has 0 fully saturated rings. The van der Waals surface area contributed by atoms with Crippen molar-refractivity contribution in [3.8, 4) is 11.1 Å². The number of Topliss-reactive ketones (excluding diaryl/α,β-unsaturated/α-hetero) is 1. The largest absolute Gasteiger partial charge is 0.396 e. The molecule has 0 aliphatic rings. The molecular weight excluding hydrogens is 324 g/mol. The third-order valence-corrected chi connectivity index (χ3v) is 5.18. The number of hydrogen-bond acceptors (Lipinski definition) is 3. The third-order valence-electron chi connectivity index (χ3n) is 5.18. The Bertz CT molecular complexity index is 712. The predicted octanol–water partition coefficient (Wildman–Crippen LogP) is 4.76. The van der Waals surface area contributed by atoms with Crippen LogP contribution >= 0.6 is 0 Å². The van der Waals surface area contributed by atoms with E-state index in [4.69, 9.17) is 4.74 Å². The SMILES string of the molecule is CC[C@@H](CO)CC(=O)C(C)(C)c1ccc(-c2cccc(COC)c2)cc1. The summed E-state index contributed by atoms with van der Waals surface area (Å²) in [4.78, 5) is 12.7. The molecule has 140 valence electrons. The van der Waals surface area contributed by atoms with Gasteiger partial charge >= 0.3 is 0 Å². The second-order valence-corrected chi connectivity index (χ2v) is 7.42. The van der Waals surface area contributed by atoms with Crippen LogP contribution in [0.1, 0.15) is 44.7 Å². The predicted molar refractivity (Wildman–Crippen MR) is 106 cm³/mol. The minimum Gasteiger partial charge on any atom is -0.396 e. The Labute approximate surface area is 157 Å². The van der Waals surface area contributed by atoms with Gasteiger partial charge in [0.05, 0.1) is 6.61 Å². The number of benzene rings is 2. The van der Waals surface area contributed by atoms with Gasteiger partial charge in [-0.25, -0.2) is 0 Å². The van der Waals surface area contributed by atoms with E-state index in [1.165, 1.54) is 0 Å². The highest BCUT2D eigenvalue weighted by atomic mass is 16.5. The summed E-state index contributed by atoms with van der Waals surface area (Å²) in [5.74, 6) is 0.220. The van der Waals surface area contributed by atoms with Crippen molar-refractivity contribution >= 4 is 5.78 Å². The normalized spacial score (nSPS) is 12.8. The summed E-state index contributed by atoms with van der Waals surface area (Å²) in [7, 11) is 1.69. The Kier molecular flexibility index (Phi) is 7.13. The number of ketones is 1. The number of hydrogen-bond donors (Lipinski definition) is 1. The number of ether oxygens (including phenoxy) is 1. The second-order valence-electron chi connectivity index (χ2n) is 7.42. The first-order valence-corrected chi connectivity index (χ1v) is 9.25. The number of methoxy groups -OCH3 is 1. The fraction of sp³-hybridized carbons (Fsp3) is 0.435. The molecule has 0 aliphatic carbocycles. The highest BCUT2D eigenvalue weighted by Gasteiger charge is 2.30. The summed E-state index contributed by atoms with van der Waals surface area (Å²) in [6.45, 7) is 6.60. The van der Waals surface area contributed by atoms with Crippen molar-refractivity contribution in [2.75, 3.05) is 13.7 Å². The molecule has 0 saturated carbocycles. The van der Waals surface area contributed by atoms with E-state index >= 15 is 0 Å². The molecule has 2 aromatic rings. The van der Waals surface area contributed by atoms with Crippen LogP contribution < -0.4 is 0 Å². The zero-order valence-electron chi connectivity index (χ0n) is 16.3. The standard InChI is InChI=1S/C23H30O3/c1-5-17(15-24)14-22(25)23(2,3)21-11-9-19(10-12-21)20-8-6-7-18(13-20)16-26-4/h6-13,17,24H,5,14-16H2,1-4H3/t17-/m1/s1. The van der Waals surface area contributed by atoms with Crippen molar-refractivity contribution in [2.45, 2.75) is 45.6 Å². The number of carbonyl (C=O) groups is 1. The molecule has 0 spiro atoms. The maximum Gasteiger partial charge on any atom is 0.143 e. The molecule has 2 rings (SSSR count). The fourth-order valence-electron chi connectivity index (χ4n) is 3.10. The molecule has 0 radical (unpaired) electrons. The quantitative estimate of drug-likeness (QED) is 0.706. The third kappa shape index (κ3) is 4.80. The summed E-state index contributed by atoms with van der Waals surface area (Å²) < 4.78 is 5.20. The van der Waals surface area contributed by atoms with Gasteiger partial charge in [0.2, 0.25) is 0 Å². The van der Waals surface area contributed by atoms with Gasteiger partial charge < -0.3 is 9.84 Å². The average Bonchev–Trinajstić information content (AvgIpc) is 2.66. The van der Waals surface area contributed by atoms with Crippen LogP contribution in [0.5, 0.6) is 0 Å². The van der Waals surface area contributed by atoms with Crippen LogP contribution in [0.3, 0.4) is 0 Å². The van der Waals surface area contributed by atoms with Crippen molar-refractivity contribution in [2.24, 2.45) is 5.92 Å².